The predicted molar refractivity (Wildman–Crippen MR) is 83.3 cm³/mol. The maximum Gasteiger partial charge on any atom is 0.243 e. The first-order chi connectivity index (χ1) is 9.45. The summed E-state index contributed by atoms with van der Waals surface area (Å²) in [6, 6.07) is 3.68. The molecule has 21 heavy (non-hydrogen) atoms. The fraction of sp³-hybridized carbons (Fsp3) is 0.538. The molecule has 0 saturated carbocycles. The molecular formula is C13H22N2O4S2. The third kappa shape index (κ3) is 4.18. The lowest BCUT2D eigenvalue weighted by Crippen LogP contribution is -2.45. The molecule has 0 aromatic heterocycles. The molecule has 0 atom stereocenters. The van der Waals surface area contributed by atoms with Crippen molar-refractivity contribution in [3.05, 3.63) is 18.2 Å². The van der Waals surface area contributed by atoms with Crippen molar-refractivity contribution in [2.45, 2.75) is 48.9 Å². The van der Waals surface area contributed by atoms with Crippen molar-refractivity contribution in [3.63, 3.8) is 0 Å². The van der Waals surface area contributed by atoms with Crippen LogP contribution < -0.4 is 10.5 Å². The molecule has 0 amide bonds. The van der Waals surface area contributed by atoms with Gasteiger partial charge in [-0.05, 0) is 38.0 Å². The first-order valence-corrected chi connectivity index (χ1v) is 9.96. The summed E-state index contributed by atoms with van der Waals surface area (Å²) in [7, 11) is -7.40. The van der Waals surface area contributed by atoms with Gasteiger partial charge in [-0.15, -0.1) is 0 Å². The summed E-state index contributed by atoms with van der Waals surface area (Å²) < 4.78 is 50.7. The number of nitrogens with one attached hydrogen (secondary N) is 1. The fourth-order valence-corrected chi connectivity index (χ4v) is 4.18. The predicted octanol–water partition coefficient (Wildman–Crippen LogP) is 1.53. The van der Waals surface area contributed by atoms with Gasteiger partial charge in [0.15, 0.2) is 9.84 Å². The molecule has 0 unspecified atom stereocenters. The van der Waals surface area contributed by atoms with Crippen molar-refractivity contribution in [1.82, 2.24) is 4.72 Å². The number of hydrogen-bond donors (Lipinski definition) is 2. The van der Waals surface area contributed by atoms with E-state index in [-0.39, 0.29) is 15.5 Å². The highest BCUT2D eigenvalue weighted by atomic mass is 32.2. The minimum Gasteiger partial charge on any atom is -0.398 e. The molecule has 6 nitrogen and oxygen atoms in total. The highest BCUT2D eigenvalue weighted by Gasteiger charge is 2.29. The summed E-state index contributed by atoms with van der Waals surface area (Å²) >= 11 is 0. The van der Waals surface area contributed by atoms with Gasteiger partial charge < -0.3 is 5.73 Å². The molecule has 1 aromatic carbocycles. The van der Waals surface area contributed by atoms with Gasteiger partial charge in [-0.2, -0.15) is 0 Å². The van der Waals surface area contributed by atoms with E-state index in [9.17, 15) is 16.8 Å². The van der Waals surface area contributed by atoms with Crippen LogP contribution in [0.5, 0.6) is 0 Å². The Hall–Kier alpha value is -1.12. The Morgan fingerprint density at radius 1 is 1.14 bits per heavy atom. The maximum absolute atomic E-state index is 12.5. The average Bonchev–Trinajstić information content (AvgIpc) is 2.37. The Balaban J connectivity index is 3.39. The molecule has 0 aliphatic heterocycles. The van der Waals surface area contributed by atoms with Crippen LogP contribution in [0.15, 0.2) is 28.0 Å². The minimum absolute atomic E-state index is 0.0180. The Morgan fingerprint density at radius 2 is 1.67 bits per heavy atom. The summed E-state index contributed by atoms with van der Waals surface area (Å²) in [5.74, 6) is 0. The van der Waals surface area contributed by atoms with Crippen LogP contribution in [0.25, 0.3) is 0 Å². The second kappa shape index (κ2) is 5.94. The Morgan fingerprint density at radius 3 is 2.10 bits per heavy atom. The number of nitrogens with two attached hydrogens (primary N) is 1. The van der Waals surface area contributed by atoms with E-state index in [1.807, 2.05) is 13.8 Å². The normalized spacial score (nSPS) is 13.3. The number of benzene rings is 1. The Kier molecular flexibility index (Phi) is 5.07. The van der Waals surface area contributed by atoms with Gasteiger partial charge in [-0.25, -0.2) is 21.6 Å². The lowest BCUT2D eigenvalue weighted by atomic mass is 9.98. The van der Waals surface area contributed by atoms with Gasteiger partial charge in [-0.3, -0.25) is 0 Å². The van der Waals surface area contributed by atoms with Gasteiger partial charge in [0.05, 0.1) is 10.6 Å². The zero-order valence-electron chi connectivity index (χ0n) is 12.7. The summed E-state index contributed by atoms with van der Waals surface area (Å²) in [6.45, 7) is 5.55. The van der Waals surface area contributed by atoms with Crippen molar-refractivity contribution >= 4 is 25.5 Å². The van der Waals surface area contributed by atoms with Crippen LogP contribution >= 0.6 is 0 Å². The summed E-state index contributed by atoms with van der Waals surface area (Å²) in [6.07, 6.45) is 2.23. The summed E-state index contributed by atoms with van der Waals surface area (Å²) in [5.41, 5.74) is 5.12. The SMILES string of the molecule is CCC(C)(CC)NS(=O)(=O)c1cc(S(C)(=O)=O)ccc1N. The lowest BCUT2D eigenvalue weighted by molar-refractivity contribution is 0.389. The molecule has 120 valence electrons. The van der Waals surface area contributed by atoms with Gasteiger partial charge in [0.2, 0.25) is 10.0 Å². The highest BCUT2D eigenvalue weighted by molar-refractivity contribution is 7.91. The molecular weight excluding hydrogens is 312 g/mol. The zero-order valence-corrected chi connectivity index (χ0v) is 14.3. The van der Waals surface area contributed by atoms with Crippen molar-refractivity contribution in [1.29, 1.82) is 0 Å². The third-order valence-electron chi connectivity index (χ3n) is 3.64. The molecule has 0 saturated heterocycles. The van der Waals surface area contributed by atoms with Gasteiger partial charge in [-0.1, -0.05) is 13.8 Å². The van der Waals surface area contributed by atoms with Gasteiger partial charge in [0, 0.05) is 11.8 Å². The lowest BCUT2D eigenvalue weighted by Gasteiger charge is -2.28. The molecule has 0 radical (unpaired) electrons. The molecule has 0 aliphatic carbocycles. The largest absolute Gasteiger partial charge is 0.398 e. The van der Waals surface area contributed by atoms with E-state index in [0.717, 1.165) is 12.3 Å². The molecule has 0 aliphatic rings. The molecule has 0 heterocycles. The monoisotopic (exact) mass is 334 g/mol. The van der Waals surface area contributed by atoms with E-state index in [1.165, 1.54) is 12.1 Å². The summed E-state index contributed by atoms with van der Waals surface area (Å²) in [4.78, 5) is -0.287. The number of nitrogen functional groups attached to an aromatic ring is 1. The molecule has 0 bridgehead atoms. The van der Waals surface area contributed by atoms with Crippen LogP contribution in [0.2, 0.25) is 0 Å². The van der Waals surface area contributed by atoms with Crippen LogP contribution in [0.4, 0.5) is 5.69 Å². The van der Waals surface area contributed by atoms with Crippen molar-refractivity contribution in [2.24, 2.45) is 0 Å². The number of sulfone groups is 1. The first kappa shape index (κ1) is 17.9. The first-order valence-electron chi connectivity index (χ1n) is 6.59. The second-order valence-electron chi connectivity index (χ2n) is 5.35. The van der Waals surface area contributed by atoms with E-state index in [2.05, 4.69) is 4.72 Å². The topological polar surface area (TPSA) is 106 Å². The Labute approximate surface area is 126 Å². The maximum atomic E-state index is 12.5. The minimum atomic E-state index is -3.90. The Bertz CT molecular complexity index is 721. The van der Waals surface area contributed by atoms with Crippen LogP contribution in [0.1, 0.15) is 33.6 Å². The smallest absolute Gasteiger partial charge is 0.243 e. The average molecular weight is 334 g/mol. The van der Waals surface area contributed by atoms with Crippen molar-refractivity contribution in [2.75, 3.05) is 12.0 Å². The highest BCUT2D eigenvalue weighted by Crippen LogP contribution is 2.25. The van der Waals surface area contributed by atoms with Crippen LogP contribution in [-0.4, -0.2) is 28.6 Å². The van der Waals surface area contributed by atoms with E-state index in [4.69, 9.17) is 5.73 Å². The fourth-order valence-electron chi connectivity index (χ4n) is 1.75. The van der Waals surface area contributed by atoms with E-state index in [1.54, 1.807) is 6.92 Å². The van der Waals surface area contributed by atoms with E-state index >= 15 is 0 Å². The molecule has 8 heteroatoms. The number of hydrogen-bond acceptors (Lipinski definition) is 5. The summed E-state index contributed by atoms with van der Waals surface area (Å²) in [5, 5.41) is 0. The van der Waals surface area contributed by atoms with Crippen molar-refractivity contribution < 1.29 is 16.8 Å². The van der Waals surface area contributed by atoms with Gasteiger partial charge in [0.25, 0.3) is 0 Å². The number of sulfonamides is 1. The zero-order chi connectivity index (χ0) is 16.5. The number of rotatable bonds is 6. The third-order valence-corrected chi connectivity index (χ3v) is 6.45. The molecule has 3 N–H and O–H groups in total. The van der Waals surface area contributed by atoms with E-state index < -0.39 is 25.4 Å². The standard InChI is InChI=1S/C13H22N2O4S2/c1-5-13(3,6-2)15-21(18,19)12-9-10(20(4,16)17)7-8-11(12)14/h7-9,15H,5-6,14H2,1-4H3. The van der Waals surface area contributed by atoms with Gasteiger partial charge >= 0.3 is 0 Å². The molecule has 1 rings (SSSR count). The van der Waals surface area contributed by atoms with Crippen LogP contribution in [-0.2, 0) is 19.9 Å². The van der Waals surface area contributed by atoms with Crippen molar-refractivity contribution in [3.8, 4) is 0 Å². The molecule has 0 fully saturated rings. The van der Waals surface area contributed by atoms with Crippen LogP contribution in [0, 0.1) is 0 Å². The second-order valence-corrected chi connectivity index (χ2v) is 9.01. The number of anilines is 1. The van der Waals surface area contributed by atoms with Gasteiger partial charge in [0.1, 0.15) is 4.90 Å². The molecule has 1 aromatic rings. The van der Waals surface area contributed by atoms with Crippen LogP contribution in [0.3, 0.4) is 0 Å². The van der Waals surface area contributed by atoms with E-state index in [0.29, 0.717) is 12.8 Å². The molecule has 0 spiro atoms. The quantitative estimate of drug-likeness (QED) is 0.767.